The lowest BCUT2D eigenvalue weighted by Crippen LogP contribution is -2.63. The highest BCUT2D eigenvalue weighted by Crippen LogP contribution is 2.41. The van der Waals surface area contributed by atoms with Gasteiger partial charge in [0.15, 0.2) is 10.4 Å². The average Bonchev–Trinajstić information content (AvgIpc) is 2.46. The van der Waals surface area contributed by atoms with Gasteiger partial charge in [-0.1, -0.05) is 23.7 Å². The number of para-hydroxylation sites is 2. The van der Waals surface area contributed by atoms with Gasteiger partial charge in [0.05, 0.1) is 11.4 Å². The maximum Gasteiger partial charge on any atom is 0.246 e. The fraction of sp³-hybridized carbons (Fsp3) is 0.417. The van der Waals surface area contributed by atoms with Crippen molar-refractivity contribution in [1.29, 1.82) is 0 Å². The first-order chi connectivity index (χ1) is 8.63. The molecule has 0 saturated carbocycles. The van der Waals surface area contributed by atoms with Gasteiger partial charge in [-0.05, 0) is 12.1 Å². The SMILES string of the molecule is O=C1Nc2ccccc2N2CCNCC2(Cl)C1Cl. The van der Waals surface area contributed by atoms with Gasteiger partial charge in [0.2, 0.25) is 5.91 Å². The van der Waals surface area contributed by atoms with E-state index in [1.54, 1.807) is 0 Å². The highest BCUT2D eigenvalue weighted by molar-refractivity contribution is 6.42. The molecule has 18 heavy (non-hydrogen) atoms. The van der Waals surface area contributed by atoms with Gasteiger partial charge in [-0.3, -0.25) is 4.79 Å². The van der Waals surface area contributed by atoms with Gasteiger partial charge in [0, 0.05) is 19.6 Å². The number of amides is 1. The molecule has 0 bridgehead atoms. The zero-order valence-corrected chi connectivity index (χ0v) is 11.1. The zero-order chi connectivity index (χ0) is 12.8. The van der Waals surface area contributed by atoms with Crippen LogP contribution in [0.4, 0.5) is 11.4 Å². The monoisotopic (exact) mass is 285 g/mol. The van der Waals surface area contributed by atoms with E-state index in [2.05, 4.69) is 10.6 Å². The third kappa shape index (κ3) is 1.67. The summed E-state index contributed by atoms with van der Waals surface area (Å²) in [6.07, 6.45) is 0. The number of alkyl halides is 2. The lowest BCUT2D eigenvalue weighted by atomic mass is 10.1. The molecule has 2 unspecified atom stereocenters. The Bertz CT molecular complexity index is 496. The summed E-state index contributed by atoms with van der Waals surface area (Å²) in [5, 5.41) is 5.22. The Labute approximate surface area is 115 Å². The van der Waals surface area contributed by atoms with Crippen LogP contribution in [-0.4, -0.2) is 35.9 Å². The average molecular weight is 286 g/mol. The van der Waals surface area contributed by atoms with Crippen LogP contribution in [-0.2, 0) is 4.79 Å². The van der Waals surface area contributed by atoms with Crippen LogP contribution >= 0.6 is 23.2 Å². The van der Waals surface area contributed by atoms with Crippen molar-refractivity contribution < 1.29 is 4.79 Å². The minimum Gasteiger partial charge on any atom is -0.347 e. The van der Waals surface area contributed by atoms with Gasteiger partial charge in [0.1, 0.15) is 0 Å². The number of anilines is 2. The van der Waals surface area contributed by atoms with E-state index in [4.69, 9.17) is 23.2 Å². The molecule has 0 aromatic heterocycles. The van der Waals surface area contributed by atoms with Gasteiger partial charge < -0.3 is 15.5 Å². The molecule has 3 rings (SSSR count). The van der Waals surface area contributed by atoms with Crippen LogP contribution in [0.15, 0.2) is 24.3 Å². The second-order valence-electron chi connectivity index (χ2n) is 4.52. The van der Waals surface area contributed by atoms with Crippen LogP contribution < -0.4 is 15.5 Å². The minimum absolute atomic E-state index is 0.259. The summed E-state index contributed by atoms with van der Waals surface area (Å²) in [6.45, 7) is 2.02. The predicted molar refractivity (Wildman–Crippen MR) is 73.5 cm³/mol. The zero-order valence-electron chi connectivity index (χ0n) is 9.62. The molecule has 2 aliphatic rings. The number of nitrogens with one attached hydrogen (secondary N) is 2. The topological polar surface area (TPSA) is 44.4 Å². The summed E-state index contributed by atoms with van der Waals surface area (Å²) < 4.78 is 0. The van der Waals surface area contributed by atoms with E-state index in [9.17, 15) is 4.79 Å². The molecule has 0 aliphatic carbocycles. The molecule has 1 aromatic carbocycles. The Morgan fingerprint density at radius 2 is 2.17 bits per heavy atom. The van der Waals surface area contributed by atoms with Crippen molar-refractivity contribution in [2.45, 2.75) is 10.4 Å². The van der Waals surface area contributed by atoms with Gasteiger partial charge >= 0.3 is 0 Å². The number of benzene rings is 1. The summed E-state index contributed by atoms with van der Waals surface area (Å²) in [6, 6.07) is 7.62. The van der Waals surface area contributed by atoms with Crippen molar-refractivity contribution in [3.05, 3.63) is 24.3 Å². The highest BCUT2D eigenvalue weighted by Gasteiger charge is 2.49. The molecule has 0 radical (unpaired) electrons. The molecule has 2 heterocycles. The van der Waals surface area contributed by atoms with Gasteiger partial charge in [-0.25, -0.2) is 0 Å². The molecular formula is C12H13Cl2N3O. The molecule has 1 amide bonds. The number of hydrogen-bond acceptors (Lipinski definition) is 3. The van der Waals surface area contributed by atoms with E-state index in [1.807, 2.05) is 29.2 Å². The number of carbonyl (C=O) groups excluding carboxylic acids is 1. The summed E-state index contributed by atoms with van der Waals surface area (Å²) >= 11 is 12.9. The van der Waals surface area contributed by atoms with E-state index >= 15 is 0 Å². The fourth-order valence-electron chi connectivity index (χ4n) is 2.49. The predicted octanol–water partition coefficient (Wildman–Crippen LogP) is 1.59. The van der Waals surface area contributed by atoms with Crippen molar-refractivity contribution in [1.82, 2.24) is 5.32 Å². The molecule has 2 N–H and O–H groups in total. The second-order valence-corrected chi connectivity index (χ2v) is 5.61. The van der Waals surface area contributed by atoms with Crippen LogP contribution in [0.1, 0.15) is 0 Å². The largest absolute Gasteiger partial charge is 0.347 e. The smallest absolute Gasteiger partial charge is 0.246 e. The maximum atomic E-state index is 12.1. The summed E-state index contributed by atoms with van der Waals surface area (Å²) in [4.78, 5) is 13.1. The molecule has 2 aliphatic heterocycles. The number of halogens is 2. The first-order valence-electron chi connectivity index (χ1n) is 5.84. The Morgan fingerprint density at radius 3 is 3.00 bits per heavy atom. The number of rotatable bonds is 0. The van der Waals surface area contributed by atoms with E-state index in [0.29, 0.717) is 6.54 Å². The van der Waals surface area contributed by atoms with Crippen molar-refractivity contribution >= 4 is 40.5 Å². The molecule has 1 saturated heterocycles. The minimum atomic E-state index is -0.920. The molecule has 6 heteroatoms. The normalized spacial score (nSPS) is 31.1. The van der Waals surface area contributed by atoms with E-state index in [-0.39, 0.29) is 5.91 Å². The Morgan fingerprint density at radius 1 is 1.39 bits per heavy atom. The third-order valence-corrected chi connectivity index (χ3v) is 4.63. The number of carbonyl (C=O) groups is 1. The first kappa shape index (κ1) is 12.1. The summed E-state index contributed by atoms with van der Waals surface area (Å²) in [5.74, 6) is -0.259. The standard InChI is InChI=1S/C12H13Cl2N3O/c13-10-11(18)16-8-3-1-2-4-9(8)17-6-5-15-7-12(10,17)14/h1-4,10,15H,5-7H2,(H,16,18). The van der Waals surface area contributed by atoms with Gasteiger partial charge in [-0.15, -0.1) is 11.6 Å². The van der Waals surface area contributed by atoms with Gasteiger partial charge in [0.25, 0.3) is 0 Å². The first-order valence-corrected chi connectivity index (χ1v) is 6.65. The number of nitrogens with zero attached hydrogens (tertiary/aromatic N) is 1. The van der Waals surface area contributed by atoms with Crippen molar-refractivity contribution in [3.8, 4) is 0 Å². The summed E-state index contributed by atoms with van der Waals surface area (Å²) in [5.41, 5.74) is 1.68. The van der Waals surface area contributed by atoms with Crippen molar-refractivity contribution in [2.75, 3.05) is 29.9 Å². The fourth-order valence-corrected chi connectivity index (χ4v) is 3.11. The molecule has 4 nitrogen and oxygen atoms in total. The second kappa shape index (κ2) is 4.30. The Kier molecular flexibility index (Phi) is 2.88. The number of fused-ring (bicyclic) bond motifs is 3. The quantitative estimate of drug-likeness (QED) is 0.562. The van der Waals surface area contributed by atoms with Gasteiger partial charge in [-0.2, -0.15) is 0 Å². The van der Waals surface area contributed by atoms with Crippen LogP contribution in [0.5, 0.6) is 0 Å². The summed E-state index contributed by atoms with van der Waals surface area (Å²) in [7, 11) is 0. The van der Waals surface area contributed by atoms with Crippen LogP contribution in [0.3, 0.4) is 0 Å². The molecule has 2 atom stereocenters. The lowest BCUT2D eigenvalue weighted by Gasteiger charge is -2.45. The highest BCUT2D eigenvalue weighted by atomic mass is 35.5. The van der Waals surface area contributed by atoms with Crippen molar-refractivity contribution in [3.63, 3.8) is 0 Å². The molecule has 96 valence electrons. The lowest BCUT2D eigenvalue weighted by molar-refractivity contribution is -0.116. The van der Waals surface area contributed by atoms with Crippen molar-refractivity contribution in [2.24, 2.45) is 0 Å². The van der Waals surface area contributed by atoms with E-state index in [0.717, 1.165) is 24.5 Å². The maximum absolute atomic E-state index is 12.1. The number of piperazine rings is 1. The Balaban J connectivity index is 2.15. The Hall–Kier alpha value is -0.970. The van der Waals surface area contributed by atoms with Crippen LogP contribution in [0, 0.1) is 0 Å². The molecule has 1 fully saturated rings. The third-order valence-electron chi connectivity index (χ3n) is 3.41. The molecule has 1 aromatic rings. The van der Waals surface area contributed by atoms with Crippen LogP contribution in [0.2, 0.25) is 0 Å². The van der Waals surface area contributed by atoms with Crippen LogP contribution in [0.25, 0.3) is 0 Å². The molecule has 0 spiro atoms. The van der Waals surface area contributed by atoms with E-state index in [1.165, 1.54) is 0 Å². The number of hydrogen-bond donors (Lipinski definition) is 2. The molecular weight excluding hydrogens is 273 g/mol. The van der Waals surface area contributed by atoms with E-state index < -0.39 is 10.4 Å².